The first-order valence-electron chi connectivity index (χ1n) is 7.75. The molecule has 6 heteroatoms. The molecule has 0 aromatic heterocycles. The van der Waals surface area contributed by atoms with E-state index in [1.165, 1.54) is 7.11 Å². The normalized spacial score (nSPS) is 15.7. The van der Waals surface area contributed by atoms with Gasteiger partial charge in [0.15, 0.2) is 9.84 Å². The molecule has 2 aromatic rings. The Bertz CT molecular complexity index is 959. The molecule has 0 saturated carbocycles. The zero-order valence-electron chi connectivity index (χ0n) is 14.0. The molecule has 0 atom stereocenters. The number of methoxy groups -OCH3 is 1. The molecule has 0 aliphatic carbocycles. The highest BCUT2D eigenvalue weighted by Crippen LogP contribution is 2.34. The van der Waals surface area contributed by atoms with E-state index in [1.807, 2.05) is 42.7 Å². The van der Waals surface area contributed by atoms with Crippen LogP contribution in [0.5, 0.6) is 0 Å². The van der Waals surface area contributed by atoms with Crippen molar-refractivity contribution < 1.29 is 17.9 Å². The number of carbonyl (C=O) groups is 1. The minimum Gasteiger partial charge on any atom is -0.466 e. The van der Waals surface area contributed by atoms with Crippen LogP contribution in [0.3, 0.4) is 0 Å². The second-order valence-corrected chi connectivity index (χ2v) is 8.61. The van der Waals surface area contributed by atoms with E-state index in [0.29, 0.717) is 11.1 Å². The van der Waals surface area contributed by atoms with Crippen molar-refractivity contribution in [2.24, 2.45) is 0 Å². The fourth-order valence-corrected chi connectivity index (χ4v) is 4.98. The summed E-state index contributed by atoms with van der Waals surface area (Å²) in [6, 6.07) is 13.2. The summed E-state index contributed by atoms with van der Waals surface area (Å²) in [4.78, 5) is 13.3. The lowest BCUT2D eigenvalue weighted by atomic mass is 10.0. The van der Waals surface area contributed by atoms with Crippen LogP contribution < -0.4 is 0 Å². The van der Waals surface area contributed by atoms with Crippen molar-refractivity contribution in [3.8, 4) is 11.1 Å². The molecular weight excluding hydrogens is 356 g/mol. The van der Waals surface area contributed by atoms with E-state index >= 15 is 0 Å². The van der Waals surface area contributed by atoms with Crippen LogP contribution in [0.25, 0.3) is 17.2 Å². The highest BCUT2D eigenvalue weighted by Gasteiger charge is 2.25. The SMILES string of the molecule is COC(=O)C1=Cc2cc(-c3ccccc3SC)ccc2S(=O)(=O)CC1. The summed E-state index contributed by atoms with van der Waals surface area (Å²) in [7, 11) is -2.13. The number of hydrogen-bond acceptors (Lipinski definition) is 5. The lowest BCUT2D eigenvalue weighted by molar-refractivity contribution is -0.136. The molecule has 130 valence electrons. The molecule has 4 nitrogen and oxygen atoms in total. The van der Waals surface area contributed by atoms with Gasteiger partial charge < -0.3 is 4.74 Å². The maximum atomic E-state index is 12.5. The zero-order valence-corrected chi connectivity index (χ0v) is 15.6. The summed E-state index contributed by atoms with van der Waals surface area (Å²) in [5.41, 5.74) is 2.86. The largest absolute Gasteiger partial charge is 0.466 e. The number of esters is 1. The first-order chi connectivity index (χ1) is 12.0. The third-order valence-corrected chi connectivity index (χ3v) is 6.76. The number of ether oxygens (including phenoxy) is 1. The monoisotopic (exact) mass is 374 g/mol. The van der Waals surface area contributed by atoms with E-state index in [1.54, 1.807) is 23.9 Å². The third-order valence-electron chi connectivity index (χ3n) is 4.18. The molecule has 2 aromatic carbocycles. The summed E-state index contributed by atoms with van der Waals surface area (Å²) < 4.78 is 29.8. The Hall–Kier alpha value is -2.05. The van der Waals surface area contributed by atoms with E-state index in [0.717, 1.165) is 16.0 Å². The van der Waals surface area contributed by atoms with Crippen LogP contribution in [0.15, 0.2) is 57.8 Å². The van der Waals surface area contributed by atoms with Crippen molar-refractivity contribution in [2.45, 2.75) is 16.2 Å². The average molecular weight is 374 g/mol. The van der Waals surface area contributed by atoms with E-state index in [2.05, 4.69) is 0 Å². The Morgan fingerprint density at radius 2 is 1.92 bits per heavy atom. The van der Waals surface area contributed by atoms with Gasteiger partial charge in [-0.25, -0.2) is 13.2 Å². The van der Waals surface area contributed by atoms with Crippen molar-refractivity contribution in [3.63, 3.8) is 0 Å². The first kappa shape index (κ1) is 17.8. The molecule has 0 amide bonds. The predicted octanol–water partition coefficient (Wildman–Crippen LogP) is 3.81. The molecule has 0 N–H and O–H groups in total. The van der Waals surface area contributed by atoms with E-state index in [-0.39, 0.29) is 17.1 Å². The van der Waals surface area contributed by atoms with Crippen LogP contribution >= 0.6 is 11.8 Å². The van der Waals surface area contributed by atoms with Crippen molar-refractivity contribution in [2.75, 3.05) is 19.1 Å². The number of hydrogen-bond donors (Lipinski definition) is 0. The molecular formula is C19H18O4S2. The smallest absolute Gasteiger partial charge is 0.333 e. The molecule has 0 spiro atoms. The minimum absolute atomic E-state index is 0.0956. The number of sulfone groups is 1. The summed E-state index contributed by atoms with van der Waals surface area (Å²) in [5, 5.41) is 0. The van der Waals surface area contributed by atoms with Crippen LogP contribution in [-0.4, -0.2) is 33.5 Å². The van der Waals surface area contributed by atoms with Gasteiger partial charge in [0.1, 0.15) is 0 Å². The first-order valence-corrected chi connectivity index (χ1v) is 10.6. The number of carbonyl (C=O) groups excluding carboxylic acids is 1. The topological polar surface area (TPSA) is 60.4 Å². The molecule has 1 aliphatic rings. The Labute approximate surface area is 151 Å². The van der Waals surface area contributed by atoms with Crippen LogP contribution in [-0.2, 0) is 19.4 Å². The summed E-state index contributed by atoms with van der Waals surface area (Å²) in [6.07, 6.45) is 3.79. The molecule has 1 aliphatic heterocycles. The van der Waals surface area contributed by atoms with Gasteiger partial charge in [-0.1, -0.05) is 24.3 Å². The molecule has 0 unspecified atom stereocenters. The Balaban J connectivity index is 2.19. The molecule has 25 heavy (non-hydrogen) atoms. The summed E-state index contributed by atoms with van der Waals surface area (Å²) in [6.45, 7) is 0. The summed E-state index contributed by atoms with van der Waals surface area (Å²) >= 11 is 1.63. The van der Waals surface area contributed by atoms with Gasteiger partial charge in [-0.15, -0.1) is 11.8 Å². The second-order valence-electron chi connectivity index (χ2n) is 5.68. The molecule has 0 saturated heterocycles. The molecule has 3 rings (SSSR count). The minimum atomic E-state index is -3.43. The maximum absolute atomic E-state index is 12.5. The van der Waals surface area contributed by atoms with Gasteiger partial charge in [-0.3, -0.25) is 0 Å². The van der Waals surface area contributed by atoms with E-state index in [9.17, 15) is 13.2 Å². The average Bonchev–Trinajstić information content (AvgIpc) is 2.76. The number of thioether (sulfide) groups is 1. The standard InChI is InChI=1S/C19H18O4S2/c1-23-19(20)14-9-10-25(21,22)18-8-7-13(11-15(18)12-14)16-5-3-4-6-17(16)24-2/h3-8,11-12H,9-10H2,1-2H3. The Morgan fingerprint density at radius 3 is 2.64 bits per heavy atom. The van der Waals surface area contributed by atoms with Gasteiger partial charge in [0.05, 0.1) is 17.8 Å². The van der Waals surface area contributed by atoms with Gasteiger partial charge in [0, 0.05) is 10.5 Å². The summed E-state index contributed by atoms with van der Waals surface area (Å²) in [5.74, 6) is -0.584. The Kier molecular flexibility index (Phi) is 5.01. The molecule has 0 radical (unpaired) electrons. The third kappa shape index (κ3) is 3.50. The lowest BCUT2D eigenvalue weighted by Crippen LogP contribution is -2.10. The molecule has 0 bridgehead atoms. The fourth-order valence-electron chi connectivity index (χ4n) is 2.90. The molecule has 0 fully saturated rings. The molecule has 1 heterocycles. The van der Waals surface area contributed by atoms with E-state index < -0.39 is 15.8 Å². The van der Waals surface area contributed by atoms with Crippen LogP contribution in [0.1, 0.15) is 12.0 Å². The van der Waals surface area contributed by atoms with Gasteiger partial charge in [-0.05, 0) is 53.6 Å². The highest BCUT2D eigenvalue weighted by atomic mass is 32.2. The highest BCUT2D eigenvalue weighted by molar-refractivity contribution is 7.98. The van der Waals surface area contributed by atoms with Gasteiger partial charge in [0.2, 0.25) is 0 Å². The number of rotatable bonds is 3. The van der Waals surface area contributed by atoms with Crippen LogP contribution in [0.4, 0.5) is 0 Å². The number of benzene rings is 2. The van der Waals surface area contributed by atoms with Crippen LogP contribution in [0.2, 0.25) is 0 Å². The zero-order chi connectivity index (χ0) is 18.0. The lowest BCUT2D eigenvalue weighted by Gasteiger charge is -2.11. The second kappa shape index (κ2) is 7.06. The van der Waals surface area contributed by atoms with Crippen molar-refractivity contribution >= 4 is 33.6 Å². The fraction of sp³-hybridized carbons (Fsp3) is 0.211. The van der Waals surface area contributed by atoms with Crippen molar-refractivity contribution in [1.29, 1.82) is 0 Å². The van der Waals surface area contributed by atoms with Gasteiger partial charge in [0.25, 0.3) is 0 Å². The number of fused-ring (bicyclic) bond motifs is 1. The predicted molar refractivity (Wildman–Crippen MR) is 100 cm³/mol. The quantitative estimate of drug-likeness (QED) is 0.604. The van der Waals surface area contributed by atoms with Gasteiger partial charge >= 0.3 is 5.97 Å². The Morgan fingerprint density at radius 1 is 1.16 bits per heavy atom. The maximum Gasteiger partial charge on any atom is 0.333 e. The van der Waals surface area contributed by atoms with Crippen molar-refractivity contribution in [3.05, 3.63) is 53.6 Å². The van der Waals surface area contributed by atoms with E-state index in [4.69, 9.17) is 4.74 Å². The van der Waals surface area contributed by atoms with Crippen molar-refractivity contribution in [1.82, 2.24) is 0 Å². The van der Waals surface area contributed by atoms with Crippen LogP contribution in [0, 0.1) is 0 Å². The van der Waals surface area contributed by atoms with Gasteiger partial charge in [-0.2, -0.15) is 0 Å².